The van der Waals surface area contributed by atoms with Gasteiger partial charge in [0, 0.05) is 23.4 Å². The van der Waals surface area contributed by atoms with Crippen LogP contribution in [0.1, 0.15) is 0 Å². The summed E-state index contributed by atoms with van der Waals surface area (Å²) in [7, 11) is 0. The zero-order valence-electron chi connectivity index (χ0n) is 14.6. The van der Waals surface area contributed by atoms with Crippen molar-refractivity contribution in [1.82, 2.24) is 19.9 Å². The van der Waals surface area contributed by atoms with Crippen LogP contribution in [0.3, 0.4) is 0 Å². The highest BCUT2D eigenvalue weighted by molar-refractivity contribution is 6.41. The molecule has 4 rings (SSSR count). The standard InChI is InChI=1S/C20H7Cl5FN4/c21-11-3-5-14(28-19(11)24)16-10(9-2-1-7-27-18(9)23)8-13(26)17(30-16)15-6-4-12(22)20(25)29-15/h1-7H. The molecule has 4 nitrogen and oxygen atoms in total. The second kappa shape index (κ2) is 8.61. The average Bonchev–Trinajstić information content (AvgIpc) is 2.72. The van der Waals surface area contributed by atoms with Gasteiger partial charge in [-0.05, 0) is 36.4 Å². The van der Waals surface area contributed by atoms with Crippen LogP contribution in [0.5, 0.6) is 0 Å². The molecule has 0 unspecified atom stereocenters. The molecule has 0 aliphatic heterocycles. The molecule has 30 heavy (non-hydrogen) atoms. The lowest BCUT2D eigenvalue weighted by Gasteiger charge is -2.13. The molecule has 0 bridgehead atoms. The van der Waals surface area contributed by atoms with Crippen molar-refractivity contribution in [2.45, 2.75) is 0 Å². The molecule has 10 heteroatoms. The Morgan fingerprint density at radius 3 is 1.87 bits per heavy atom. The molecule has 4 heterocycles. The molecule has 0 saturated heterocycles. The Balaban J connectivity index is 2.01. The topological polar surface area (TPSA) is 51.6 Å². The third kappa shape index (κ3) is 4.09. The highest BCUT2D eigenvalue weighted by Gasteiger charge is 2.21. The van der Waals surface area contributed by atoms with Crippen LogP contribution in [0.25, 0.3) is 33.9 Å². The van der Waals surface area contributed by atoms with Crippen LogP contribution in [0.4, 0.5) is 4.39 Å². The molecule has 4 aromatic heterocycles. The van der Waals surface area contributed by atoms with Crippen molar-refractivity contribution in [1.29, 1.82) is 0 Å². The van der Waals surface area contributed by atoms with Crippen LogP contribution in [0, 0.1) is 11.9 Å². The summed E-state index contributed by atoms with van der Waals surface area (Å²) in [4.78, 5) is 16.8. The van der Waals surface area contributed by atoms with Crippen LogP contribution in [0.2, 0.25) is 25.5 Å². The predicted octanol–water partition coefficient (Wildman–Crippen LogP) is 7.47. The molecule has 0 amide bonds. The molecule has 0 saturated carbocycles. The maximum Gasteiger partial charge on any atom is 0.159 e. The minimum absolute atomic E-state index is 0.0176. The summed E-state index contributed by atoms with van der Waals surface area (Å²) in [5.41, 5.74) is 1.33. The summed E-state index contributed by atoms with van der Waals surface area (Å²) >= 11 is 30.2. The zero-order chi connectivity index (χ0) is 21.4. The molecule has 0 atom stereocenters. The Kier molecular flexibility index (Phi) is 6.09. The van der Waals surface area contributed by atoms with Gasteiger partial charge in [-0.25, -0.2) is 24.3 Å². The Bertz CT molecular complexity index is 1280. The molecular formula is C20H7Cl5FN4. The van der Waals surface area contributed by atoms with E-state index in [1.54, 1.807) is 24.3 Å². The third-order valence-corrected chi connectivity index (χ3v) is 5.70. The van der Waals surface area contributed by atoms with Crippen molar-refractivity contribution >= 4 is 58.0 Å². The van der Waals surface area contributed by atoms with Crippen molar-refractivity contribution in [2.75, 3.05) is 0 Å². The van der Waals surface area contributed by atoms with E-state index in [0.717, 1.165) is 0 Å². The minimum Gasteiger partial charge on any atom is -0.244 e. The SMILES string of the molecule is Fc1[c]c(-c2cccnc2Cl)c(-c2ccc(Cl)c(Cl)n2)nc1-c1ccc(Cl)c(Cl)n1. The first-order valence-electron chi connectivity index (χ1n) is 8.23. The van der Waals surface area contributed by atoms with Gasteiger partial charge >= 0.3 is 0 Å². The van der Waals surface area contributed by atoms with Gasteiger partial charge in [0.25, 0.3) is 0 Å². The molecule has 0 N–H and O–H groups in total. The molecule has 4 aromatic rings. The van der Waals surface area contributed by atoms with Gasteiger partial charge in [0.2, 0.25) is 0 Å². The Hall–Kier alpha value is -2.02. The number of halogens is 6. The maximum atomic E-state index is 15.1. The van der Waals surface area contributed by atoms with Crippen molar-refractivity contribution in [3.63, 3.8) is 0 Å². The zero-order valence-corrected chi connectivity index (χ0v) is 18.4. The lowest BCUT2D eigenvalue weighted by molar-refractivity contribution is 0.623. The molecule has 0 aliphatic rings. The van der Waals surface area contributed by atoms with Crippen LogP contribution >= 0.6 is 58.0 Å². The number of hydrogen-bond donors (Lipinski definition) is 0. The molecule has 1 radical (unpaired) electrons. The second-order valence-corrected chi connectivity index (χ2v) is 7.79. The first kappa shape index (κ1) is 21.2. The summed E-state index contributed by atoms with van der Waals surface area (Å²) in [5.74, 6) is -0.764. The number of rotatable bonds is 3. The normalized spacial score (nSPS) is 11.0. The lowest BCUT2D eigenvalue weighted by atomic mass is 10.0. The van der Waals surface area contributed by atoms with Crippen LogP contribution in [0.15, 0.2) is 42.6 Å². The van der Waals surface area contributed by atoms with Crippen LogP contribution in [-0.2, 0) is 0 Å². The van der Waals surface area contributed by atoms with Gasteiger partial charge in [-0.1, -0.05) is 58.0 Å². The quantitative estimate of drug-likeness (QED) is 0.274. The average molecular weight is 500 g/mol. The second-order valence-electron chi connectivity index (χ2n) is 5.90. The monoisotopic (exact) mass is 497 g/mol. The Morgan fingerprint density at radius 2 is 1.30 bits per heavy atom. The molecule has 149 valence electrons. The highest BCUT2D eigenvalue weighted by atomic mass is 35.5. The number of nitrogens with zero attached hydrogens (tertiary/aromatic N) is 4. The van der Waals surface area contributed by atoms with Gasteiger partial charge in [0.05, 0.1) is 27.1 Å². The number of aromatic nitrogens is 4. The van der Waals surface area contributed by atoms with Crippen LogP contribution in [-0.4, -0.2) is 19.9 Å². The predicted molar refractivity (Wildman–Crippen MR) is 118 cm³/mol. The van der Waals surface area contributed by atoms with Crippen molar-refractivity contribution < 1.29 is 4.39 Å². The Labute approximate surface area is 195 Å². The van der Waals surface area contributed by atoms with E-state index in [1.807, 2.05) is 0 Å². The third-order valence-electron chi connectivity index (χ3n) is 4.02. The van der Waals surface area contributed by atoms with Gasteiger partial charge in [0.15, 0.2) is 5.82 Å². The fraction of sp³-hybridized carbons (Fsp3) is 0. The molecule has 0 spiro atoms. The summed E-state index contributed by atoms with van der Waals surface area (Å²) < 4.78 is 15.1. The summed E-state index contributed by atoms with van der Waals surface area (Å²) in [6, 6.07) is 12.2. The maximum absolute atomic E-state index is 15.1. The Morgan fingerprint density at radius 1 is 0.700 bits per heavy atom. The van der Waals surface area contributed by atoms with E-state index >= 15 is 4.39 Å². The fourth-order valence-corrected chi connectivity index (χ4v) is 3.40. The fourth-order valence-electron chi connectivity index (χ4n) is 2.67. The summed E-state index contributed by atoms with van der Waals surface area (Å²) in [6.07, 6.45) is 1.51. The van der Waals surface area contributed by atoms with E-state index < -0.39 is 5.82 Å². The summed E-state index contributed by atoms with van der Waals surface area (Å²) in [5, 5.41) is 0.729. The van der Waals surface area contributed by atoms with E-state index in [9.17, 15) is 0 Å². The highest BCUT2D eigenvalue weighted by Crippen LogP contribution is 2.37. The van der Waals surface area contributed by atoms with Crippen LogP contribution < -0.4 is 0 Å². The molecule has 0 aromatic carbocycles. The lowest BCUT2D eigenvalue weighted by Crippen LogP contribution is -2.00. The van der Waals surface area contributed by atoms with E-state index in [0.29, 0.717) is 11.3 Å². The smallest absolute Gasteiger partial charge is 0.159 e. The number of hydrogen-bond acceptors (Lipinski definition) is 4. The van der Waals surface area contributed by atoms with E-state index in [-0.39, 0.29) is 48.1 Å². The van der Waals surface area contributed by atoms with Gasteiger partial charge in [0.1, 0.15) is 21.2 Å². The van der Waals surface area contributed by atoms with Crippen molar-refractivity contribution in [3.8, 4) is 33.9 Å². The molecular weight excluding hydrogens is 493 g/mol. The van der Waals surface area contributed by atoms with E-state index in [4.69, 9.17) is 58.0 Å². The molecule has 0 fully saturated rings. The first-order chi connectivity index (χ1) is 14.3. The van der Waals surface area contributed by atoms with Crippen molar-refractivity contribution in [3.05, 3.63) is 80.0 Å². The van der Waals surface area contributed by atoms with Crippen molar-refractivity contribution in [2.24, 2.45) is 0 Å². The van der Waals surface area contributed by atoms with Gasteiger partial charge in [-0.15, -0.1) is 0 Å². The first-order valence-corrected chi connectivity index (χ1v) is 10.1. The minimum atomic E-state index is -0.764. The van der Waals surface area contributed by atoms with Gasteiger partial charge in [-0.2, -0.15) is 0 Å². The molecule has 0 aliphatic carbocycles. The van der Waals surface area contributed by atoms with E-state index in [2.05, 4.69) is 26.0 Å². The van der Waals surface area contributed by atoms with Gasteiger partial charge < -0.3 is 0 Å². The largest absolute Gasteiger partial charge is 0.244 e. The van der Waals surface area contributed by atoms with E-state index in [1.165, 1.54) is 18.3 Å². The van der Waals surface area contributed by atoms with Gasteiger partial charge in [-0.3, -0.25) is 0 Å². The summed E-state index contributed by atoms with van der Waals surface area (Å²) in [6.45, 7) is 0. The number of pyridine rings is 4.